The van der Waals surface area contributed by atoms with Crippen molar-refractivity contribution < 1.29 is 45.4 Å². The first-order valence-electron chi connectivity index (χ1n) is 18.0. The zero-order chi connectivity index (χ0) is 43.6. The van der Waals surface area contributed by atoms with Crippen molar-refractivity contribution >= 4 is 67.9 Å². The lowest BCUT2D eigenvalue weighted by Crippen LogP contribution is -2.34. The van der Waals surface area contributed by atoms with Gasteiger partial charge in [-0.15, -0.1) is 22.7 Å². The van der Waals surface area contributed by atoms with Gasteiger partial charge in [-0.2, -0.15) is 36.6 Å². The number of carbonyl (C=O) groups is 2. The second kappa shape index (κ2) is 16.8. The summed E-state index contributed by atoms with van der Waals surface area (Å²) in [5, 5.41) is 12.2. The normalized spacial score (nSPS) is 12.4. The van der Waals surface area contributed by atoms with Gasteiger partial charge in [-0.05, 0) is 102 Å². The number of amides is 2. The third-order valence-corrected chi connectivity index (χ3v) is 9.60. The van der Waals surface area contributed by atoms with Crippen molar-refractivity contribution in [3.8, 4) is 22.5 Å². The summed E-state index contributed by atoms with van der Waals surface area (Å²) in [6.45, 7) is 9.85. The van der Waals surface area contributed by atoms with Crippen LogP contribution in [-0.4, -0.2) is 33.4 Å². The van der Waals surface area contributed by atoms with Gasteiger partial charge in [-0.3, -0.25) is 0 Å². The number of hydrogen-bond acceptors (Lipinski definition) is 10. The van der Waals surface area contributed by atoms with Crippen LogP contribution in [0.2, 0.25) is 0 Å². The van der Waals surface area contributed by atoms with E-state index in [4.69, 9.17) is 9.47 Å². The molecule has 0 fully saturated rings. The van der Waals surface area contributed by atoms with E-state index in [1.165, 1.54) is 24.3 Å². The SMILES string of the molecule is CC(C)(C)OC(=O)N(c1cccc(C(F)(F)F)c1)c1nc(-c2cccc(/N=N/c3cccc(-c4csc(N(C(=O)OC(C)(C)C)c5cccc(C(F)(F)F)c5)n4)c3)c2)cs1. The van der Waals surface area contributed by atoms with E-state index in [1.54, 1.807) is 101 Å². The molecule has 312 valence electrons. The van der Waals surface area contributed by atoms with Gasteiger partial charge in [0.1, 0.15) is 11.2 Å². The summed E-state index contributed by atoms with van der Waals surface area (Å²) in [6.07, 6.45) is -11.1. The minimum absolute atomic E-state index is 0.0743. The number of carbonyl (C=O) groups excluding carboxylic acids is 2. The molecular formula is C42H36F6N6O4S2. The highest BCUT2D eigenvalue weighted by Gasteiger charge is 2.35. The number of hydrogen-bond donors (Lipinski definition) is 0. The predicted molar refractivity (Wildman–Crippen MR) is 219 cm³/mol. The predicted octanol–water partition coefficient (Wildman–Crippen LogP) is 14.5. The van der Waals surface area contributed by atoms with Crippen molar-refractivity contribution in [3.63, 3.8) is 0 Å². The Morgan fingerprint density at radius 2 is 0.917 bits per heavy atom. The molecule has 0 atom stereocenters. The minimum atomic E-state index is -4.64. The topological polar surface area (TPSA) is 110 Å². The van der Waals surface area contributed by atoms with E-state index in [0.29, 0.717) is 33.9 Å². The number of benzene rings is 4. The van der Waals surface area contributed by atoms with Crippen LogP contribution < -0.4 is 9.80 Å². The van der Waals surface area contributed by atoms with Crippen LogP contribution in [0.3, 0.4) is 0 Å². The zero-order valence-corrected chi connectivity index (χ0v) is 34.4. The highest BCUT2D eigenvalue weighted by atomic mass is 32.1. The highest BCUT2D eigenvalue weighted by Crippen LogP contribution is 2.40. The molecule has 0 bridgehead atoms. The molecule has 6 rings (SSSR count). The first kappa shape index (κ1) is 43.4. The number of halogens is 6. The monoisotopic (exact) mass is 866 g/mol. The number of aromatic nitrogens is 2. The summed E-state index contributed by atoms with van der Waals surface area (Å²) in [4.78, 5) is 37.9. The van der Waals surface area contributed by atoms with Crippen molar-refractivity contribution in [1.29, 1.82) is 0 Å². The average Bonchev–Trinajstić information content (AvgIpc) is 3.84. The molecule has 0 radical (unpaired) electrons. The van der Waals surface area contributed by atoms with Gasteiger partial charge in [-0.1, -0.05) is 36.4 Å². The Labute approximate surface area is 348 Å². The number of anilines is 4. The van der Waals surface area contributed by atoms with Crippen molar-refractivity contribution in [2.75, 3.05) is 9.80 Å². The van der Waals surface area contributed by atoms with Gasteiger partial charge in [0.15, 0.2) is 10.3 Å². The Balaban J connectivity index is 1.25. The molecule has 2 heterocycles. The molecule has 0 saturated heterocycles. The number of azo groups is 1. The fourth-order valence-corrected chi connectivity index (χ4v) is 7.10. The minimum Gasteiger partial charge on any atom is -0.443 e. The van der Waals surface area contributed by atoms with Gasteiger partial charge in [0, 0.05) is 21.9 Å². The summed E-state index contributed by atoms with van der Waals surface area (Å²) >= 11 is 2.08. The largest absolute Gasteiger partial charge is 0.443 e. The summed E-state index contributed by atoms with van der Waals surface area (Å²) < 4.78 is 92.8. The Kier molecular flexibility index (Phi) is 12.2. The van der Waals surface area contributed by atoms with Crippen LogP contribution in [0.5, 0.6) is 0 Å². The first-order chi connectivity index (χ1) is 28.0. The molecule has 2 amide bonds. The number of ether oxygens (including phenoxy) is 2. The van der Waals surface area contributed by atoms with Crippen LogP contribution in [-0.2, 0) is 21.8 Å². The van der Waals surface area contributed by atoms with Crippen molar-refractivity contribution in [1.82, 2.24) is 9.97 Å². The quantitative estimate of drug-likeness (QED) is 0.111. The number of alkyl halides is 6. The van der Waals surface area contributed by atoms with Gasteiger partial charge in [-0.25, -0.2) is 29.4 Å². The maximum Gasteiger partial charge on any atom is 0.421 e. The molecule has 0 unspecified atom stereocenters. The van der Waals surface area contributed by atoms with E-state index in [0.717, 1.165) is 56.7 Å². The fraction of sp³-hybridized carbons (Fsp3) is 0.238. The molecule has 6 aromatic rings. The second-order valence-electron chi connectivity index (χ2n) is 15.1. The fourth-order valence-electron chi connectivity index (χ4n) is 5.42. The van der Waals surface area contributed by atoms with E-state index in [-0.39, 0.29) is 21.6 Å². The van der Waals surface area contributed by atoms with Crippen LogP contribution in [0.25, 0.3) is 22.5 Å². The molecule has 18 heteroatoms. The first-order valence-corrected chi connectivity index (χ1v) is 19.7. The maximum atomic E-state index is 13.6. The van der Waals surface area contributed by atoms with Crippen molar-refractivity contribution in [2.45, 2.75) is 65.1 Å². The van der Waals surface area contributed by atoms with Gasteiger partial charge >= 0.3 is 24.5 Å². The summed E-state index contributed by atoms with van der Waals surface area (Å²) in [6, 6.07) is 22.4. The lowest BCUT2D eigenvalue weighted by molar-refractivity contribution is -0.138. The lowest BCUT2D eigenvalue weighted by atomic mass is 10.1. The smallest absolute Gasteiger partial charge is 0.421 e. The van der Waals surface area contributed by atoms with Crippen LogP contribution in [0.1, 0.15) is 52.7 Å². The Morgan fingerprint density at radius 3 is 1.27 bits per heavy atom. The molecule has 60 heavy (non-hydrogen) atoms. The Morgan fingerprint density at radius 1 is 0.550 bits per heavy atom. The Hall–Kier alpha value is -6.14. The van der Waals surface area contributed by atoms with Crippen molar-refractivity contribution in [2.24, 2.45) is 10.2 Å². The average molecular weight is 867 g/mol. The van der Waals surface area contributed by atoms with Gasteiger partial charge < -0.3 is 9.47 Å². The molecule has 0 aliphatic carbocycles. The van der Waals surface area contributed by atoms with Crippen molar-refractivity contribution in [3.05, 3.63) is 119 Å². The molecular weight excluding hydrogens is 831 g/mol. The molecule has 10 nitrogen and oxygen atoms in total. The standard InChI is InChI=1S/C42H36F6N6O4S2/c1-39(2,3)57-37(55)53(31-17-9-13-27(21-31)41(43,44)45)35-49-33(23-59-35)25-11-7-15-29(19-25)51-52-30-16-8-12-26(20-30)34-24-60-36(50-34)54(38(56)58-40(4,5)6)32-18-10-14-28(22-32)42(46,47)48/h7-24H,1-6H3/b52-51+. The van der Waals surface area contributed by atoms with E-state index < -0.39 is 46.9 Å². The molecule has 0 spiro atoms. The molecule has 0 saturated carbocycles. The third-order valence-electron chi connectivity index (χ3n) is 7.95. The van der Waals surface area contributed by atoms with Gasteiger partial charge in [0.05, 0.1) is 45.3 Å². The molecule has 0 N–H and O–H groups in total. The molecule has 0 aliphatic heterocycles. The lowest BCUT2D eigenvalue weighted by Gasteiger charge is -2.26. The Bertz CT molecular complexity index is 2370. The molecule has 0 aliphatic rings. The van der Waals surface area contributed by atoms with E-state index >= 15 is 0 Å². The second-order valence-corrected chi connectivity index (χ2v) is 16.7. The van der Waals surface area contributed by atoms with Gasteiger partial charge in [0.2, 0.25) is 0 Å². The number of thiazole rings is 2. The van der Waals surface area contributed by atoms with Crippen LogP contribution in [0, 0.1) is 0 Å². The van der Waals surface area contributed by atoms with E-state index in [1.807, 2.05) is 0 Å². The highest BCUT2D eigenvalue weighted by molar-refractivity contribution is 7.14. The van der Waals surface area contributed by atoms with E-state index in [9.17, 15) is 35.9 Å². The number of rotatable bonds is 8. The molecule has 2 aromatic heterocycles. The van der Waals surface area contributed by atoms with Gasteiger partial charge in [0.25, 0.3) is 0 Å². The van der Waals surface area contributed by atoms with Crippen LogP contribution >= 0.6 is 22.7 Å². The van der Waals surface area contributed by atoms with Crippen LogP contribution in [0.4, 0.5) is 68.9 Å². The zero-order valence-electron chi connectivity index (χ0n) is 32.8. The third kappa shape index (κ3) is 10.9. The summed E-state index contributed by atoms with van der Waals surface area (Å²) in [7, 11) is 0. The summed E-state index contributed by atoms with van der Waals surface area (Å²) in [5.41, 5.74) is -1.06. The summed E-state index contributed by atoms with van der Waals surface area (Å²) in [5.74, 6) is 0. The van der Waals surface area contributed by atoms with E-state index in [2.05, 4.69) is 20.2 Å². The number of nitrogens with zero attached hydrogens (tertiary/aromatic N) is 6. The van der Waals surface area contributed by atoms with Crippen LogP contribution in [0.15, 0.2) is 118 Å². The maximum absolute atomic E-state index is 13.6. The molecule has 4 aromatic carbocycles.